The van der Waals surface area contributed by atoms with Gasteiger partial charge >= 0.3 is 0 Å². The molecule has 0 spiro atoms. The van der Waals surface area contributed by atoms with E-state index >= 15 is 0 Å². The number of hydrogen-bond donors (Lipinski definition) is 1. The lowest BCUT2D eigenvalue weighted by atomic mass is 10.1. The molecule has 0 radical (unpaired) electrons. The number of methoxy groups -OCH3 is 1. The van der Waals surface area contributed by atoms with Crippen molar-refractivity contribution < 1.29 is 14.6 Å². The summed E-state index contributed by atoms with van der Waals surface area (Å²) in [5.41, 5.74) is 1.28. The van der Waals surface area contributed by atoms with E-state index in [0.717, 1.165) is 0 Å². The number of ketones is 1. The molecule has 0 bridgehead atoms. The van der Waals surface area contributed by atoms with Crippen LogP contribution in [-0.4, -0.2) is 18.0 Å². The van der Waals surface area contributed by atoms with Crippen LogP contribution in [0.4, 0.5) is 0 Å². The molecule has 1 atom stereocenters. The number of aliphatic hydroxyl groups is 1. The van der Waals surface area contributed by atoms with Gasteiger partial charge in [-0.3, -0.25) is 4.79 Å². The number of Topliss-reactive ketones (excluding diaryl/α,β-unsaturated/α-hetero) is 1. The Morgan fingerprint density at radius 1 is 1.38 bits per heavy atom. The van der Waals surface area contributed by atoms with Gasteiger partial charge in [-0.1, -0.05) is 24.3 Å². The second-order valence-corrected chi connectivity index (χ2v) is 2.77. The van der Waals surface area contributed by atoms with Crippen LogP contribution in [0, 0.1) is 0 Å². The first kappa shape index (κ1) is 9.89. The van der Waals surface area contributed by atoms with E-state index < -0.39 is 6.29 Å². The van der Waals surface area contributed by atoms with Gasteiger partial charge in [-0.15, -0.1) is 0 Å². The van der Waals surface area contributed by atoms with Crippen molar-refractivity contribution in [1.29, 1.82) is 0 Å². The van der Waals surface area contributed by atoms with Crippen LogP contribution in [0.15, 0.2) is 24.3 Å². The van der Waals surface area contributed by atoms with Crippen LogP contribution in [0.5, 0.6) is 0 Å². The molecule has 1 aromatic rings. The molecule has 0 aliphatic heterocycles. The summed E-state index contributed by atoms with van der Waals surface area (Å²) < 4.78 is 4.71. The molecule has 1 unspecified atom stereocenters. The van der Waals surface area contributed by atoms with Gasteiger partial charge in [0.2, 0.25) is 0 Å². The molecule has 0 aliphatic carbocycles. The predicted molar refractivity (Wildman–Crippen MR) is 48.4 cm³/mol. The summed E-state index contributed by atoms with van der Waals surface area (Å²) in [4.78, 5) is 10.9. The van der Waals surface area contributed by atoms with Crippen LogP contribution in [-0.2, 0) is 4.74 Å². The van der Waals surface area contributed by atoms with Gasteiger partial charge in [0.1, 0.15) is 0 Å². The Hall–Kier alpha value is -1.19. The number of carbonyl (C=O) groups is 1. The van der Waals surface area contributed by atoms with Gasteiger partial charge in [0.05, 0.1) is 0 Å². The highest BCUT2D eigenvalue weighted by atomic mass is 16.6. The molecule has 0 heterocycles. The van der Waals surface area contributed by atoms with Crippen LogP contribution >= 0.6 is 0 Å². The minimum atomic E-state index is -0.916. The standard InChI is InChI=1S/C10H12O3/c1-7(11)8-3-5-9(6-4-8)10(12)13-2/h3-6,10,12H,1-2H3. The van der Waals surface area contributed by atoms with E-state index in [1.165, 1.54) is 14.0 Å². The smallest absolute Gasteiger partial charge is 0.180 e. The lowest BCUT2D eigenvalue weighted by molar-refractivity contribution is -0.0769. The van der Waals surface area contributed by atoms with E-state index in [1.54, 1.807) is 24.3 Å². The number of ether oxygens (including phenoxy) is 1. The van der Waals surface area contributed by atoms with Gasteiger partial charge in [-0.2, -0.15) is 0 Å². The molecule has 3 heteroatoms. The molecule has 0 aliphatic rings. The van der Waals surface area contributed by atoms with E-state index in [1.807, 2.05) is 0 Å². The Labute approximate surface area is 77.0 Å². The average molecular weight is 180 g/mol. The maximum atomic E-state index is 10.9. The summed E-state index contributed by atoms with van der Waals surface area (Å²) in [6, 6.07) is 6.68. The van der Waals surface area contributed by atoms with Crippen molar-refractivity contribution in [3.63, 3.8) is 0 Å². The minimum Gasteiger partial charge on any atom is -0.364 e. The number of rotatable bonds is 3. The minimum absolute atomic E-state index is 0.0125. The molecule has 13 heavy (non-hydrogen) atoms. The lowest BCUT2D eigenvalue weighted by Crippen LogP contribution is -2.00. The third kappa shape index (κ3) is 2.37. The van der Waals surface area contributed by atoms with Crippen molar-refractivity contribution in [2.24, 2.45) is 0 Å². The van der Waals surface area contributed by atoms with E-state index in [4.69, 9.17) is 4.74 Å². The molecule has 0 fully saturated rings. The normalized spacial score (nSPS) is 12.5. The van der Waals surface area contributed by atoms with Gasteiger partial charge in [0.25, 0.3) is 0 Å². The number of carbonyl (C=O) groups excluding carboxylic acids is 1. The fourth-order valence-corrected chi connectivity index (χ4v) is 1.02. The first-order valence-electron chi connectivity index (χ1n) is 3.97. The molecule has 0 aromatic heterocycles. The fourth-order valence-electron chi connectivity index (χ4n) is 1.02. The van der Waals surface area contributed by atoms with Gasteiger partial charge in [-0.05, 0) is 6.92 Å². The van der Waals surface area contributed by atoms with E-state index in [-0.39, 0.29) is 5.78 Å². The fraction of sp³-hybridized carbons (Fsp3) is 0.300. The Kier molecular flexibility index (Phi) is 3.17. The third-order valence-corrected chi connectivity index (χ3v) is 1.83. The van der Waals surface area contributed by atoms with Crippen LogP contribution in [0.25, 0.3) is 0 Å². The summed E-state index contributed by atoms with van der Waals surface area (Å²) in [5, 5.41) is 9.25. The highest BCUT2D eigenvalue weighted by Crippen LogP contribution is 2.13. The van der Waals surface area contributed by atoms with Crippen LogP contribution in [0.3, 0.4) is 0 Å². The van der Waals surface area contributed by atoms with Gasteiger partial charge in [0.15, 0.2) is 12.1 Å². The molecule has 1 rings (SSSR count). The topological polar surface area (TPSA) is 46.5 Å². The Morgan fingerprint density at radius 2 is 1.92 bits per heavy atom. The molecule has 1 N–H and O–H groups in total. The first-order valence-corrected chi connectivity index (χ1v) is 3.97. The Morgan fingerprint density at radius 3 is 2.31 bits per heavy atom. The quantitative estimate of drug-likeness (QED) is 0.566. The number of benzene rings is 1. The third-order valence-electron chi connectivity index (χ3n) is 1.83. The highest BCUT2D eigenvalue weighted by molar-refractivity contribution is 5.93. The average Bonchev–Trinajstić information content (AvgIpc) is 2.17. The SMILES string of the molecule is COC(O)c1ccc(C(C)=O)cc1. The molecular weight excluding hydrogens is 168 g/mol. The Bertz CT molecular complexity index is 290. The second-order valence-electron chi connectivity index (χ2n) is 2.77. The zero-order valence-electron chi connectivity index (χ0n) is 7.65. The number of aliphatic hydroxyl groups excluding tert-OH is 1. The van der Waals surface area contributed by atoms with E-state index in [9.17, 15) is 9.90 Å². The summed E-state index contributed by atoms with van der Waals surface area (Å²) in [5.74, 6) is 0.0125. The molecular formula is C10H12O3. The zero-order chi connectivity index (χ0) is 9.84. The van der Waals surface area contributed by atoms with Crippen LogP contribution in [0.1, 0.15) is 29.1 Å². The highest BCUT2D eigenvalue weighted by Gasteiger charge is 2.05. The summed E-state index contributed by atoms with van der Waals surface area (Å²) in [6.45, 7) is 1.50. The van der Waals surface area contributed by atoms with Crippen LogP contribution in [0.2, 0.25) is 0 Å². The lowest BCUT2D eigenvalue weighted by Gasteiger charge is -2.08. The molecule has 0 amide bonds. The predicted octanol–water partition coefficient (Wildman–Crippen LogP) is 1.53. The van der Waals surface area contributed by atoms with Gasteiger partial charge < -0.3 is 9.84 Å². The van der Waals surface area contributed by atoms with Crippen molar-refractivity contribution in [1.82, 2.24) is 0 Å². The van der Waals surface area contributed by atoms with Crippen molar-refractivity contribution in [2.45, 2.75) is 13.2 Å². The maximum Gasteiger partial charge on any atom is 0.180 e. The second kappa shape index (κ2) is 4.16. The van der Waals surface area contributed by atoms with Gasteiger partial charge in [-0.25, -0.2) is 0 Å². The van der Waals surface area contributed by atoms with Crippen molar-refractivity contribution in [3.05, 3.63) is 35.4 Å². The zero-order valence-corrected chi connectivity index (χ0v) is 7.65. The Balaban J connectivity index is 2.87. The number of hydrogen-bond acceptors (Lipinski definition) is 3. The summed E-state index contributed by atoms with van der Waals surface area (Å²) >= 11 is 0. The van der Waals surface area contributed by atoms with E-state index in [2.05, 4.69) is 0 Å². The van der Waals surface area contributed by atoms with Crippen molar-refractivity contribution in [2.75, 3.05) is 7.11 Å². The molecule has 1 aromatic carbocycles. The molecule has 0 saturated heterocycles. The first-order chi connectivity index (χ1) is 6.15. The van der Waals surface area contributed by atoms with Crippen LogP contribution < -0.4 is 0 Å². The maximum absolute atomic E-state index is 10.9. The van der Waals surface area contributed by atoms with Crippen molar-refractivity contribution in [3.8, 4) is 0 Å². The van der Waals surface area contributed by atoms with Crippen molar-refractivity contribution >= 4 is 5.78 Å². The molecule has 0 saturated carbocycles. The van der Waals surface area contributed by atoms with Gasteiger partial charge in [0, 0.05) is 18.2 Å². The summed E-state index contributed by atoms with van der Waals surface area (Å²) in [7, 11) is 1.42. The van der Waals surface area contributed by atoms with E-state index in [0.29, 0.717) is 11.1 Å². The molecule has 70 valence electrons. The summed E-state index contributed by atoms with van der Waals surface area (Å²) in [6.07, 6.45) is -0.916. The monoisotopic (exact) mass is 180 g/mol. The largest absolute Gasteiger partial charge is 0.364 e. The molecule has 3 nitrogen and oxygen atoms in total.